The molecule has 0 amide bonds. The predicted molar refractivity (Wildman–Crippen MR) is 72.7 cm³/mol. The van der Waals surface area contributed by atoms with Crippen molar-refractivity contribution in [3.05, 3.63) is 29.6 Å². The van der Waals surface area contributed by atoms with E-state index >= 15 is 0 Å². The van der Waals surface area contributed by atoms with Crippen LogP contribution in [0.4, 0.5) is 4.39 Å². The number of hydrogen-bond acceptors (Lipinski definition) is 3. The van der Waals surface area contributed by atoms with Gasteiger partial charge in [-0.25, -0.2) is 4.39 Å². The molecule has 1 saturated heterocycles. The number of rotatable bonds is 5. The summed E-state index contributed by atoms with van der Waals surface area (Å²) in [4.78, 5) is 0. The van der Waals surface area contributed by atoms with Crippen LogP contribution in [0, 0.1) is 5.82 Å². The van der Waals surface area contributed by atoms with Crippen molar-refractivity contribution in [1.82, 2.24) is 5.32 Å². The molecule has 0 bridgehead atoms. The summed E-state index contributed by atoms with van der Waals surface area (Å²) >= 11 is 0. The van der Waals surface area contributed by atoms with Crippen LogP contribution >= 0.6 is 0 Å². The molecule has 1 aromatic carbocycles. The zero-order chi connectivity index (χ0) is 13.7. The van der Waals surface area contributed by atoms with Gasteiger partial charge in [0.15, 0.2) is 0 Å². The van der Waals surface area contributed by atoms with Crippen LogP contribution < -0.4 is 5.32 Å². The molecule has 2 N–H and O–H groups in total. The maximum atomic E-state index is 12.9. The quantitative estimate of drug-likeness (QED) is 0.861. The van der Waals surface area contributed by atoms with Crippen molar-refractivity contribution >= 4 is 0 Å². The molecule has 4 heteroatoms. The lowest BCUT2D eigenvalue weighted by Gasteiger charge is -2.23. The van der Waals surface area contributed by atoms with Crippen molar-refractivity contribution in [2.24, 2.45) is 0 Å². The lowest BCUT2D eigenvalue weighted by atomic mass is 10.0. The summed E-state index contributed by atoms with van der Waals surface area (Å²) in [5.74, 6) is -0.405. The average Bonchev–Trinajstić information content (AvgIpc) is 2.39. The number of ether oxygens (including phenoxy) is 1. The molecule has 19 heavy (non-hydrogen) atoms. The van der Waals surface area contributed by atoms with E-state index in [1.807, 2.05) is 6.92 Å². The minimum atomic E-state index is -0.413. The van der Waals surface area contributed by atoms with Crippen LogP contribution in [0.15, 0.2) is 18.2 Å². The van der Waals surface area contributed by atoms with Gasteiger partial charge in [0, 0.05) is 24.3 Å². The monoisotopic (exact) mass is 267 g/mol. The molecule has 1 aliphatic heterocycles. The van der Waals surface area contributed by atoms with E-state index in [0.29, 0.717) is 6.10 Å². The highest BCUT2D eigenvalue weighted by Crippen LogP contribution is 2.24. The minimum Gasteiger partial charge on any atom is -0.508 e. The first-order chi connectivity index (χ1) is 9.16. The van der Waals surface area contributed by atoms with Gasteiger partial charge in [-0.15, -0.1) is 0 Å². The van der Waals surface area contributed by atoms with Gasteiger partial charge in [-0.1, -0.05) is 6.07 Å². The highest BCUT2D eigenvalue weighted by atomic mass is 19.1. The third-order valence-electron chi connectivity index (χ3n) is 3.65. The Bertz CT molecular complexity index is 405. The first-order valence-corrected chi connectivity index (χ1v) is 7.00. The predicted octanol–water partition coefficient (Wildman–Crippen LogP) is 3.14. The van der Waals surface area contributed by atoms with Crippen molar-refractivity contribution in [3.8, 4) is 5.75 Å². The van der Waals surface area contributed by atoms with Gasteiger partial charge in [0.1, 0.15) is 11.6 Å². The van der Waals surface area contributed by atoms with E-state index in [0.717, 1.165) is 37.6 Å². The normalized spacial score (nSPS) is 21.3. The summed E-state index contributed by atoms with van der Waals surface area (Å²) < 4.78 is 18.6. The van der Waals surface area contributed by atoms with Crippen LogP contribution in [0.1, 0.15) is 44.2 Å². The number of benzene rings is 1. The van der Waals surface area contributed by atoms with Gasteiger partial charge in [0.25, 0.3) is 0 Å². The molecule has 3 nitrogen and oxygen atoms in total. The second kappa shape index (κ2) is 6.87. The van der Waals surface area contributed by atoms with Gasteiger partial charge in [-0.2, -0.15) is 0 Å². The molecular weight excluding hydrogens is 245 g/mol. The lowest BCUT2D eigenvalue weighted by molar-refractivity contribution is 0.0112. The summed E-state index contributed by atoms with van der Waals surface area (Å²) in [5, 5.41) is 13.0. The molecule has 0 saturated carbocycles. The Hall–Kier alpha value is -1.13. The van der Waals surface area contributed by atoms with E-state index in [1.54, 1.807) is 6.07 Å². The van der Waals surface area contributed by atoms with E-state index in [1.165, 1.54) is 18.9 Å². The van der Waals surface area contributed by atoms with Gasteiger partial charge < -0.3 is 15.2 Å². The van der Waals surface area contributed by atoms with E-state index in [4.69, 9.17) is 4.74 Å². The van der Waals surface area contributed by atoms with Crippen LogP contribution in [-0.2, 0) is 4.74 Å². The van der Waals surface area contributed by atoms with Gasteiger partial charge in [0.05, 0.1) is 6.10 Å². The molecule has 1 aromatic rings. The largest absolute Gasteiger partial charge is 0.508 e. The summed E-state index contributed by atoms with van der Waals surface area (Å²) in [6.07, 6.45) is 4.89. The molecule has 1 heterocycles. The molecular formula is C15H22FNO2. The molecule has 0 aromatic heterocycles. The summed E-state index contributed by atoms with van der Waals surface area (Å²) in [5.41, 5.74) is 0.728. The van der Waals surface area contributed by atoms with Gasteiger partial charge in [-0.3, -0.25) is 0 Å². The van der Waals surface area contributed by atoms with Crippen molar-refractivity contribution in [1.29, 1.82) is 0 Å². The second-order valence-electron chi connectivity index (χ2n) is 5.16. The van der Waals surface area contributed by atoms with E-state index < -0.39 is 5.82 Å². The number of halogens is 1. The van der Waals surface area contributed by atoms with Crippen LogP contribution in [0.25, 0.3) is 0 Å². The molecule has 2 atom stereocenters. The average molecular weight is 267 g/mol. The highest BCUT2D eigenvalue weighted by molar-refractivity contribution is 5.34. The Morgan fingerprint density at radius 2 is 2.32 bits per heavy atom. The van der Waals surface area contributed by atoms with Crippen molar-refractivity contribution in [2.45, 2.75) is 44.8 Å². The summed E-state index contributed by atoms with van der Waals surface area (Å²) in [6, 6.07) is 4.15. The fourth-order valence-corrected chi connectivity index (χ4v) is 2.49. The zero-order valence-corrected chi connectivity index (χ0v) is 11.4. The number of aromatic hydroxyl groups is 1. The van der Waals surface area contributed by atoms with Crippen LogP contribution in [0.5, 0.6) is 5.75 Å². The first-order valence-electron chi connectivity index (χ1n) is 7.00. The van der Waals surface area contributed by atoms with Crippen LogP contribution in [0.3, 0.4) is 0 Å². The summed E-state index contributed by atoms with van der Waals surface area (Å²) in [6.45, 7) is 3.68. The number of phenols is 1. The van der Waals surface area contributed by atoms with E-state index in [9.17, 15) is 9.50 Å². The fraction of sp³-hybridized carbons (Fsp3) is 0.600. The van der Waals surface area contributed by atoms with E-state index in [-0.39, 0.29) is 11.8 Å². The lowest BCUT2D eigenvalue weighted by Crippen LogP contribution is -2.27. The zero-order valence-electron chi connectivity index (χ0n) is 11.4. The Labute approximate surface area is 113 Å². The Kier molecular flexibility index (Phi) is 5.16. The molecule has 1 fully saturated rings. The Balaban J connectivity index is 1.78. The first kappa shape index (κ1) is 14.3. The molecule has 0 radical (unpaired) electrons. The van der Waals surface area contributed by atoms with Crippen molar-refractivity contribution < 1.29 is 14.2 Å². The molecule has 0 spiro atoms. The maximum Gasteiger partial charge on any atom is 0.126 e. The molecule has 0 aliphatic carbocycles. The van der Waals surface area contributed by atoms with Crippen LogP contribution in [-0.4, -0.2) is 24.4 Å². The van der Waals surface area contributed by atoms with E-state index in [2.05, 4.69) is 5.32 Å². The van der Waals surface area contributed by atoms with Crippen molar-refractivity contribution in [2.75, 3.05) is 13.2 Å². The molecule has 106 valence electrons. The number of phenolic OH excluding ortho intramolecular Hbond substituents is 1. The SMILES string of the molecule is CC(NCCC1CCCCO1)c1ccc(F)cc1O. The second-order valence-corrected chi connectivity index (χ2v) is 5.16. The molecule has 2 rings (SSSR count). The van der Waals surface area contributed by atoms with Gasteiger partial charge in [0.2, 0.25) is 0 Å². The Morgan fingerprint density at radius 3 is 3.00 bits per heavy atom. The van der Waals surface area contributed by atoms with Crippen LogP contribution in [0.2, 0.25) is 0 Å². The third-order valence-corrected chi connectivity index (χ3v) is 3.65. The molecule has 1 aliphatic rings. The topological polar surface area (TPSA) is 41.5 Å². The summed E-state index contributed by atoms with van der Waals surface area (Å²) in [7, 11) is 0. The van der Waals surface area contributed by atoms with Crippen molar-refractivity contribution in [3.63, 3.8) is 0 Å². The van der Waals surface area contributed by atoms with Gasteiger partial charge in [-0.05, 0) is 45.2 Å². The smallest absolute Gasteiger partial charge is 0.126 e. The fourth-order valence-electron chi connectivity index (χ4n) is 2.49. The standard InChI is InChI=1S/C15H22FNO2/c1-11(14-6-5-12(16)10-15(14)18)17-8-7-13-4-2-3-9-19-13/h5-6,10-11,13,17-18H,2-4,7-9H2,1H3. The van der Waals surface area contributed by atoms with Gasteiger partial charge >= 0.3 is 0 Å². The minimum absolute atomic E-state index is 0.00388. The maximum absolute atomic E-state index is 12.9. The number of hydrogen-bond donors (Lipinski definition) is 2. The number of nitrogens with one attached hydrogen (secondary N) is 1. The highest BCUT2D eigenvalue weighted by Gasteiger charge is 2.15. The third kappa shape index (κ3) is 4.18. The Morgan fingerprint density at radius 1 is 1.47 bits per heavy atom. The molecule has 2 unspecified atom stereocenters.